The average Bonchev–Trinajstić information content (AvgIpc) is 3.39. The van der Waals surface area contributed by atoms with Gasteiger partial charge in [0.2, 0.25) is 0 Å². The van der Waals surface area contributed by atoms with Crippen LogP contribution in [0.15, 0.2) is 53.9 Å². The number of carbonyl (C=O) groups is 3. The molecule has 0 unspecified atom stereocenters. The van der Waals surface area contributed by atoms with Gasteiger partial charge in [-0.2, -0.15) is 0 Å². The Morgan fingerprint density at radius 2 is 1.67 bits per heavy atom. The summed E-state index contributed by atoms with van der Waals surface area (Å²) < 4.78 is 5.48. The second-order valence-electron chi connectivity index (χ2n) is 8.36. The van der Waals surface area contributed by atoms with Crippen molar-refractivity contribution in [2.24, 2.45) is 5.41 Å². The number of hydrogen-bond acceptors (Lipinski definition) is 6. The average molecular weight is 466 g/mol. The number of rotatable bonds is 7. The quantitative estimate of drug-likeness (QED) is 0.478. The molecule has 0 saturated heterocycles. The van der Waals surface area contributed by atoms with Gasteiger partial charge in [0.25, 0.3) is 5.91 Å². The summed E-state index contributed by atoms with van der Waals surface area (Å²) in [4.78, 5) is 39.9. The SMILES string of the molecule is CC(C)(CNC(=O)c1csc(NC(=O)OCC2c3ccccc3-c3ccccc32)n1)C(=O)O. The third-order valence-corrected chi connectivity index (χ3v) is 6.32. The lowest BCUT2D eigenvalue weighted by Crippen LogP contribution is -2.39. The summed E-state index contributed by atoms with van der Waals surface area (Å²) >= 11 is 1.08. The molecule has 0 fully saturated rings. The maximum absolute atomic E-state index is 12.4. The van der Waals surface area contributed by atoms with E-state index in [4.69, 9.17) is 9.84 Å². The second-order valence-corrected chi connectivity index (χ2v) is 9.22. The van der Waals surface area contributed by atoms with Gasteiger partial charge in [-0.05, 0) is 36.1 Å². The number of fused-ring (bicyclic) bond motifs is 3. The first-order chi connectivity index (χ1) is 15.8. The Bertz CT molecular complexity index is 1170. The zero-order valence-electron chi connectivity index (χ0n) is 18.1. The molecule has 33 heavy (non-hydrogen) atoms. The monoisotopic (exact) mass is 465 g/mol. The van der Waals surface area contributed by atoms with E-state index in [0.29, 0.717) is 0 Å². The molecule has 2 aromatic carbocycles. The largest absolute Gasteiger partial charge is 0.481 e. The van der Waals surface area contributed by atoms with Gasteiger partial charge >= 0.3 is 12.1 Å². The molecular formula is C24H23N3O5S. The highest BCUT2D eigenvalue weighted by molar-refractivity contribution is 7.14. The van der Waals surface area contributed by atoms with Crippen LogP contribution >= 0.6 is 11.3 Å². The number of hydrogen-bond donors (Lipinski definition) is 3. The van der Waals surface area contributed by atoms with Gasteiger partial charge in [0, 0.05) is 17.8 Å². The molecule has 1 heterocycles. The van der Waals surface area contributed by atoms with Gasteiger partial charge in [-0.15, -0.1) is 11.3 Å². The first-order valence-electron chi connectivity index (χ1n) is 10.4. The minimum absolute atomic E-state index is 0.0478. The number of aliphatic carboxylic acids is 1. The fraction of sp³-hybridized carbons (Fsp3) is 0.250. The molecule has 4 rings (SSSR count). The van der Waals surface area contributed by atoms with Crippen molar-refractivity contribution in [1.29, 1.82) is 0 Å². The topological polar surface area (TPSA) is 118 Å². The molecular weight excluding hydrogens is 442 g/mol. The van der Waals surface area contributed by atoms with E-state index in [1.54, 1.807) is 0 Å². The van der Waals surface area contributed by atoms with Gasteiger partial charge in [-0.1, -0.05) is 48.5 Å². The summed E-state index contributed by atoms with van der Waals surface area (Å²) in [6, 6.07) is 16.1. The van der Waals surface area contributed by atoms with Crippen molar-refractivity contribution in [2.45, 2.75) is 19.8 Å². The van der Waals surface area contributed by atoms with E-state index in [9.17, 15) is 14.4 Å². The molecule has 1 aliphatic carbocycles. The third-order valence-electron chi connectivity index (χ3n) is 5.56. The Hall–Kier alpha value is -3.72. The minimum Gasteiger partial charge on any atom is -0.481 e. The van der Waals surface area contributed by atoms with Crippen molar-refractivity contribution < 1.29 is 24.2 Å². The summed E-state index contributed by atoms with van der Waals surface area (Å²) in [6.45, 7) is 3.15. The van der Waals surface area contributed by atoms with E-state index in [2.05, 4.69) is 27.8 Å². The summed E-state index contributed by atoms with van der Waals surface area (Å²) in [5.41, 5.74) is 3.50. The van der Waals surface area contributed by atoms with Gasteiger partial charge in [0.15, 0.2) is 5.13 Å². The Morgan fingerprint density at radius 1 is 1.06 bits per heavy atom. The van der Waals surface area contributed by atoms with E-state index in [1.165, 1.54) is 19.2 Å². The summed E-state index contributed by atoms with van der Waals surface area (Å²) in [6.07, 6.45) is -0.662. The van der Waals surface area contributed by atoms with E-state index < -0.39 is 23.4 Å². The molecule has 170 valence electrons. The molecule has 0 saturated carbocycles. The maximum atomic E-state index is 12.4. The van der Waals surface area contributed by atoms with Crippen LogP contribution in [0.4, 0.5) is 9.93 Å². The fourth-order valence-electron chi connectivity index (χ4n) is 3.62. The number of thiazole rings is 1. The zero-order chi connectivity index (χ0) is 23.6. The van der Waals surface area contributed by atoms with E-state index in [0.717, 1.165) is 33.6 Å². The number of ether oxygens (including phenoxy) is 1. The van der Waals surface area contributed by atoms with Crippen LogP contribution in [-0.4, -0.2) is 41.2 Å². The Morgan fingerprint density at radius 3 is 2.27 bits per heavy atom. The van der Waals surface area contributed by atoms with Crippen LogP contribution in [0.1, 0.15) is 41.4 Å². The predicted molar refractivity (Wildman–Crippen MR) is 125 cm³/mol. The van der Waals surface area contributed by atoms with Crippen molar-refractivity contribution in [1.82, 2.24) is 10.3 Å². The fourth-order valence-corrected chi connectivity index (χ4v) is 4.30. The molecule has 0 aliphatic heterocycles. The number of nitrogens with one attached hydrogen (secondary N) is 2. The van der Waals surface area contributed by atoms with E-state index in [-0.39, 0.29) is 29.9 Å². The molecule has 0 bridgehead atoms. The Balaban J connectivity index is 1.35. The van der Waals surface area contributed by atoms with E-state index >= 15 is 0 Å². The van der Waals surface area contributed by atoms with Crippen LogP contribution in [0.2, 0.25) is 0 Å². The zero-order valence-corrected chi connectivity index (χ0v) is 18.9. The van der Waals surface area contributed by atoms with Crippen LogP contribution in [0.25, 0.3) is 11.1 Å². The highest BCUT2D eigenvalue weighted by atomic mass is 32.1. The van der Waals surface area contributed by atoms with Crippen molar-refractivity contribution >= 4 is 34.4 Å². The molecule has 0 spiro atoms. The highest BCUT2D eigenvalue weighted by Gasteiger charge is 2.30. The van der Waals surface area contributed by atoms with Crippen LogP contribution < -0.4 is 10.6 Å². The van der Waals surface area contributed by atoms with Crippen molar-refractivity contribution in [3.05, 3.63) is 70.7 Å². The van der Waals surface area contributed by atoms with Gasteiger partial charge in [0.1, 0.15) is 12.3 Å². The van der Waals surface area contributed by atoms with Gasteiger partial charge in [-0.3, -0.25) is 14.9 Å². The number of nitrogens with zero attached hydrogens (tertiary/aromatic N) is 1. The lowest BCUT2D eigenvalue weighted by molar-refractivity contribution is -0.146. The Kier molecular flexibility index (Phi) is 6.15. The molecule has 1 aliphatic rings. The highest BCUT2D eigenvalue weighted by Crippen LogP contribution is 2.44. The third kappa shape index (κ3) is 4.73. The van der Waals surface area contributed by atoms with Crippen LogP contribution in [-0.2, 0) is 9.53 Å². The standard InChI is InChI=1S/C24H23N3O5S/c1-24(2,21(29)30)13-25-20(28)19-12-33-22(26-19)27-23(31)32-11-18-16-9-5-3-7-14(16)15-8-4-6-10-17(15)18/h3-10,12,18H,11,13H2,1-2H3,(H,25,28)(H,29,30)(H,26,27,31). The van der Waals surface area contributed by atoms with Crippen LogP contribution in [0.5, 0.6) is 0 Å². The molecule has 8 nitrogen and oxygen atoms in total. The summed E-state index contributed by atoms with van der Waals surface area (Å²) in [7, 11) is 0. The van der Waals surface area contributed by atoms with E-state index in [1.807, 2.05) is 36.4 Å². The lowest BCUT2D eigenvalue weighted by Gasteiger charge is -2.18. The van der Waals surface area contributed by atoms with Gasteiger partial charge in [0.05, 0.1) is 5.41 Å². The maximum Gasteiger partial charge on any atom is 0.413 e. The first kappa shape index (κ1) is 22.5. The number of amides is 2. The first-order valence-corrected chi connectivity index (χ1v) is 11.2. The second kappa shape index (κ2) is 9.03. The number of benzene rings is 2. The molecule has 1 aromatic heterocycles. The molecule has 3 aromatic rings. The molecule has 3 N–H and O–H groups in total. The molecule has 0 radical (unpaired) electrons. The number of aromatic nitrogens is 1. The smallest absolute Gasteiger partial charge is 0.413 e. The summed E-state index contributed by atoms with van der Waals surface area (Å²) in [5, 5.41) is 15.9. The summed E-state index contributed by atoms with van der Waals surface area (Å²) in [5.74, 6) is -1.58. The number of carbonyl (C=O) groups excluding carboxylic acids is 2. The predicted octanol–water partition coefficient (Wildman–Crippen LogP) is 4.34. The normalized spacial score (nSPS) is 12.5. The number of carboxylic acid groups (broad SMARTS) is 1. The molecule has 0 atom stereocenters. The molecule has 9 heteroatoms. The van der Waals surface area contributed by atoms with Gasteiger partial charge < -0.3 is 15.2 Å². The van der Waals surface area contributed by atoms with Crippen LogP contribution in [0, 0.1) is 5.41 Å². The van der Waals surface area contributed by atoms with Crippen molar-refractivity contribution in [3.63, 3.8) is 0 Å². The minimum atomic E-state index is -1.10. The van der Waals surface area contributed by atoms with Crippen molar-refractivity contribution in [3.8, 4) is 11.1 Å². The molecule has 2 amide bonds. The number of carboxylic acids is 1. The van der Waals surface area contributed by atoms with Crippen LogP contribution in [0.3, 0.4) is 0 Å². The lowest BCUT2D eigenvalue weighted by atomic mass is 9.94. The van der Waals surface area contributed by atoms with Crippen molar-refractivity contribution in [2.75, 3.05) is 18.5 Å². The number of anilines is 1. The Labute approximate surface area is 194 Å². The van der Waals surface area contributed by atoms with Gasteiger partial charge in [-0.25, -0.2) is 9.78 Å².